The van der Waals surface area contributed by atoms with Crippen molar-refractivity contribution >= 4 is 27.5 Å². The summed E-state index contributed by atoms with van der Waals surface area (Å²) in [5.41, 5.74) is 0.869. The molecule has 0 amide bonds. The van der Waals surface area contributed by atoms with Crippen molar-refractivity contribution in [2.75, 3.05) is 7.05 Å². The smallest absolute Gasteiger partial charge is 0.141 e. The molecule has 2 aromatic heterocycles. The standard InChI is InChI=1S/C8H8BrN3OS/c1-10-7(6-4-14-12-11-6)8-5(9)2-3-13-8/h2-4,7,10H,1H3. The predicted octanol–water partition coefficient (Wildman–Crippen LogP) is 2.20. The van der Waals surface area contributed by atoms with Crippen LogP contribution in [0.1, 0.15) is 17.5 Å². The minimum atomic E-state index is -0.0434. The summed E-state index contributed by atoms with van der Waals surface area (Å²) in [6, 6.07) is 1.82. The van der Waals surface area contributed by atoms with Crippen LogP contribution >= 0.6 is 27.5 Å². The molecule has 2 heterocycles. The number of furan rings is 1. The Labute approximate surface area is 93.6 Å². The average molecular weight is 274 g/mol. The lowest BCUT2D eigenvalue weighted by Crippen LogP contribution is -2.17. The van der Waals surface area contributed by atoms with E-state index < -0.39 is 0 Å². The Balaban J connectivity index is 2.36. The SMILES string of the molecule is CNC(c1csnn1)c1occc1Br. The fourth-order valence-corrected chi connectivity index (χ4v) is 2.13. The van der Waals surface area contributed by atoms with Crippen LogP contribution < -0.4 is 5.32 Å². The van der Waals surface area contributed by atoms with E-state index in [9.17, 15) is 0 Å². The van der Waals surface area contributed by atoms with Gasteiger partial charge in [-0.1, -0.05) is 4.49 Å². The van der Waals surface area contributed by atoms with Crippen molar-refractivity contribution in [2.45, 2.75) is 6.04 Å². The zero-order chi connectivity index (χ0) is 9.97. The molecule has 0 aliphatic rings. The normalized spacial score (nSPS) is 13.0. The second-order valence-electron chi connectivity index (χ2n) is 2.68. The Kier molecular flexibility index (Phi) is 2.95. The van der Waals surface area contributed by atoms with E-state index in [1.54, 1.807) is 6.26 Å². The lowest BCUT2D eigenvalue weighted by molar-refractivity contribution is 0.456. The van der Waals surface area contributed by atoms with Gasteiger partial charge in [-0.2, -0.15) is 0 Å². The van der Waals surface area contributed by atoms with Gasteiger partial charge in [0.25, 0.3) is 0 Å². The van der Waals surface area contributed by atoms with E-state index in [-0.39, 0.29) is 6.04 Å². The number of nitrogens with one attached hydrogen (secondary N) is 1. The summed E-state index contributed by atoms with van der Waals surface area (Å²) in [6.45, 7) is 0. The van der Waals surface area contributed by atoms with Crippen LogP contribution in [0.25, 0.3) is 0 Å². The van der Waals surface area contributed by atoms with Crippen molar-refractivity contribution in [3.63, 3.8) is 0 Å². The Morgan fingerprint density at radius 1 is 1.64 bits per heavy atom. The summed E-state index contributed by atoms with van der Waals surface area (Å²) in [7, 11) is 1.86. The molecule has 14 heavy (non-hydrogen) atoms. The fourth-order valence-electron chi connectivity index (χ4n) is 1.22. The van der Waals surface area contributed by atoms with Gasteiger partial charge in [-0.05, 0) is 40.6 Å². The van der Waals surface area contributed by atoms with Gasteiger partial charge in [0.05, 0.1) is 10.7 Å². The van der Waals surface area contributed by atoms with Crippen LogP contribution in [0.4, 0.5) is 0 Å². The molecule has 2 aromatic rings. The number of rotatable bonds is 3. The highest BCUT2D eigenvalue weighted by Gasteiger charge is 2.20. The van der Waals surface area contributed by atoms with E-state index in [0.29, 0.717) is 0 Å². The first-order valence-electron chi connectivity index (χ1n) is 4.00. The van der Waals surface area contributed by atoms with Crippen LogP contribution in [0.2, 0.25) is 0 Å². The molecule has 0 fully saturated rings. The molecule has 2 rings (SSSR count). The first kappa shape index (κ1) is 9.82. The highest BCUT2D eigenvalue weighted by Crippen LogP contribution is 2.28. The van der Waals surface area contributed by atoms with Gasteiger partial charge in [0.2, 0.25) is 0 Å². The highest BCUT2D eigenvalue weighted by atomic mass is 79.9. The molecule has 0 saturated heterocycles. The minimum absolute atomic E-state index is 0.0434. The van der Waals surface area contributed by atoms with Gasteiger partial charge in [-0.3, -0.25) is 0 Å². The summed E-state index contributed by atoms with van der Waals surface area (Å²) in [6.07, 6.45) is 1.64. The predicted molar refractivity (Wildman–Crippen MR) is 57.2 cm³/mol. The Hall–Kier alpha value is -0.720. The third-order valence-electron chi connectivity index (χ3n) is 1.87. The van der Waals surface area contributed by atoms with Crippen molar-refractivity contribution < 1.29 is 4.42 Å². The molecule has 74 valence electrons. The molecule has 1 atom stereocenters. The molecule has 0 aliphatic heterocycles. The van der Waals surface area contributed by atoms with E-state index in [1.165, 1.54) is 11.5 Å². The third kappa shape index (κ3) is 1.73. The summed E-state index contributed by atoms with van der Waals surface area (Å²) < 4.78 is 10.1. The molecule has 0 saturated carbocycles. The lowest BCUT2D eigenvalue weighted by Gasteiger charge is -2.10. The van der Waals surface area contributed by atoms with Crippen molar-refractivity contribution in [3.05, 3.63) is 33.6 Å². The van der Waals surface area contributed by atoms with Gasteiger partial charge in [0.1, 0.15) is 17.5 Å². The maximum Gasteiger partial charge on any atom is 0.141 e. The third-order valence-corrected chi connectivity index (χ3v) is 3.05. The minimum Gasteiger partial charge on any atom is -0.466 e. The van der Waals surface area contributed by atoms with Crippen LogP contribution in [0.3, 0.4) is 0 Å². The topological polar surface area (TPSA) is 51.0 Å². The number of aromatic nitrogens is 2. The second kappa shape index (κ2) is 4.20. The zero-order valence-electron chi connectivity index (χ0n) is 7.40. The molecular formula is C8H8BrN3OS. The summed E-state index contributed by atoms with van der Waals surface area (Å²) in [5, 5.41) is 9.04. The molecular weight excluding hydrogens is 266 g/mol. The first-order valence-corrected chi connectivity index (χ1v) is 5.63. The quantitative estimate of drug-likeness (QED) is 0.932. The van der Waals surface area contributed by atoms with Crippen LogP contribution in [0.5, 0.6) is 0 Å². The maximum atomic E-state index is 5.37. The molecule has 0 aromatic carbocycles. The van der Waals surface area contributed by atoms with Gasteiger partial charge >= 0.3 is 0 Å². The number of halogens is 1. The molecule has 0 radical (unpaired) electrons. The second-order valence-corrected chi connectivity index (χ2v) is 4.15. The van der Waals surface area contributed by atoms with E-state index in [4.69, 9.17) is 4.42 Å². The number of hydrogen-bond acceptors (Lipinski definition) is 5. The van der Waals surface area contributed by atoms with Crippen molar-refractivity contribution in [1.29, 1.82) is 0 Å². The average Bonchev–Trinajstić information content (AvgIpc) is 2.80. The monoisotopic (exact) mass is 273 g/mol. The number of nitrogens with zero attached hydrogens (tertiary/aromatic N) is 2. The highest BCUT2D eigenvalue weighted by molar-refractivity contribution is 9.10. The first-order chi connectivity index (χ1) is 6.83. The molecule has 0 aliphatic carbocycles. The van der Waals surface area contributed by atoms with E-state index in [2.05, 4.69) is 30.8 Å². The largest absolute Gasteiger partial charge is 0.466 e. The Morgan fingerprint density at radius 3 is 3.00 bits per heavy atom. The van der Waals surface area contributed by atoms with Crippen LogP contribution in [-0.2, 0) is 0 Å². The van der Waals surface area contributed by atoms with Gasteiger partial charge in [0, 0.05) is 5.38 Å². The Bertz CT molecular complexity index is 400. The Morgan fingerprint density at radius 2 is 2.50 bits per heavy atom. The molecule has 4 nitrogen and oxygen atoms in total. The van der Waals surface area contributed by atoms with Gasteiger partial charge in [-0.25, -0.2) is 0 Å². The van der Waals surface area contributed by atoms with Crippen LogP contribution in [0.15, 0.2) is 26.6 Å². The molecule has 0 spiro atoms. The summed E-state index contributed by atoms with van der Waals surface area (Å²) in [4.78, 5) is 0. The molecule has 1 N–H and O–H groups in total. The van der Waals surface area contributed by atoms with E-state index in [0.717, 1.165) is 15.9 Å². The van der Waals surface area contributed by atoms with Crippen molar-refractivity contribution in [1.82, 2.24) is 14.9 Å². The maximum absolute atomic E-state index is 5.37. The van der Waals surface area contributed by atoms with Crippen LogP contribution in [-0.4, -0.2) is 16.6 Å². The summed E-state index contributed by atoms with van der Waals surface area (Å²) >= 11 is 4.74. The van der Waals surface area contributed by atoms with Crippen molar-refractivity contribution in [3.8, 4) is 0 Å². The van der Waals surface area contributed by atoms with Crippen LogP contribution in [0, 0.1) is 0 Å². The van der Waals surface area contributed by atoms with Gasteiger partial charge < -0.3 is 9.73 Å². The van der Waals surface area contributed by atoms with Gasteiger partial charge in [-0.15, -0.1) is 5.10 Å². The summed E-state index contributed by atoms with van der Waals surface area (Å²) in [5.74, 6) is 0.820. The number of hydrogen-bond donors (Lipinski definition) is 1. The van der Waals surface area contributed by atoms with E-state index >= 15 is 0 Å². The van der Waals surface area contributed by atoms with Gasteiger partial charge in [0.15, 0.2) is 0 Å². The van der Waals surface area contributed by atoms with E-state index in [1.807, 2.05) is 18.5 Å². The fraction of sp³-hybridized carbons (Fsp3) is 0.250. The zero-order valence-corrected chi connectivity index (χ0v) is 9.80. The lowest BCUT2D eigenvalue weighted by atomic mass is 10.2. The molecule has 0 bridgehead atoms. The molecule has 1 unspecified atom stereocenters. The van der Waals surface area contributed by atoms with Crippen molar-refractivity contribution in [2.24, 2.45) is 0 Å². The molecule has 6 heteroatoms.